The highest BCUT2D eigenvalue weighted by Gasteiger charge is 2.13. The standard InChI is InChI=1S/C11H15F2N/c1-11(2,3)7-14-10-8(12)5-4-6-9(10)13/h4-6,14H,7H2,1-3H3. The molecule has 0 aliphatic carbocycles. The van der Waals surface area contributed by atoms with Crippen molar-refractivity contribution in [2.45, 2.75) is 20.8 Å². The van der Waals surface area contributed by atoms with Crippen LogP contribution in [0.15, 0.2) is 18.2 Å². The van der Waals surface area contributed by atoms with E-state index in [1.165, 1.54) is 18.2 Å². The molecule has 1 aromatic rings. The van der Waals surface area contributed by atoms with Gasteiger partial charge in [0.1, 0.15) is 17.3 Å². The second-order valence-electron chi connectivity index (χ2n) is 4.51. The third kappa shape index (κ3) is 2.98. The zero-order valence-corrected chi connectivity index (χ0v) is 8.70. The molecule has 0 saturated heterocycles. The summed E-state index contributed by atoms with van der Waals surface area (Å²) in [5.41, 5.74) is -0.0447. The highest BCUT2D eigenvalue weighted by molar-refractivity contribution is 5.46. The van der Waals surface area contributed by atoms with Gasteiger partial charge in [-0.3, -0.25) is 0 Å². The third-order valence-corrected chi connectivity index (χ3v) is 1.76. The average molecular weight is 199 g/mol. The molecule has 0 heterocycles. The van der Waals surface area contributed by atoms with E-state index in [2.05, 4.69) is 5.32 Å². The number of para-hydroxylation sites is 1. The Kier molecular flexibility index (Phi) is 3.09. The van der Waals surface area contributed by atoms with Gasteiger partial charge in [0.2, 0.25) is 0 Å². The van der Waals surface area contributed by atoms with Crippen LogP contribution in [-0.4, -0.2) is 6.54 Å². The first-order valence-electron chi connectivity index (χ1n) is 4.58. The van der Waals surface area contributed by atoms with Crippen LogP contribution in [-0.2, 0) is 0 Å². The Morgan fingerprint density at radius 2 is 1.64 bits per heavy atom. The number of hydrogen-bond acceptors (Lipinski definition) is 1. The van der Waals surface area contributed by atoms with E-state index in [9.17, 15) is 8.78 Å². The number of halogens is 2. The second-order valence-corrected chi connectivity index (χ2v) is 4.51. The van der Waals surface area contributed by atoms with Crippen LogP contribution in [0.3, 0.4) is 0 Å². The summed E-state index contributed by atoms with van der Waals surface area (Å²) < 4.78 is 26.2. The van der Waals surface area contributed by atoms with Crippen molar-refractivity contribution >= 4 is 5.69 Å². The fourth-order valence-electron chi connectivity index (χ4n) is 1.02. The van der Waals surface area contributed by atoms with E-state index in [4.69, 9.17) is 0 Å². The molecule has 0 aromatic heterocycles. The SMILES string of the molecule is CC(C)(C)CNc1c(F)cccc1F. The van der Waals surface area contributed by atoms with Crippen molar-refractivity contribution in [2.24, 2.45) is 5.41 Å². The molecule has 0 atom stereocenters. The molecule has 1 nitrogen and oxygen atoms in total. The van der Waals surface area contributed by atoms with Gasteiger partial charge in [-0.2, -0.15) is 0 Å². The van der Waals surface area contributed by atoms with Gasteiger partial charge < -0.3 is 5.32 Å². The Morgan fingerprint density at radius 1 is 1.14 bits per heavy atom. The number of hydrogen-bond donors (Lipinski definition) is 1. The lowest BCUT2D eigenvalue weighted by Gasteiger charge is -2.20. The topological polar surface area (TPSA) is 12.0 Å². The molecule has 0 saturated carbocycles. The summed E-state index contributed by atoms with van der Waals surface area (Å²) in [6.07, 6.45) is 0. The molecule has 0 fully saturated rings. The Labute approximate surface area is 83.1 Å². The maximum atomic E-state index is 13.1. The summed E-state index contributed by atoms with van der Waals surface area (Å²) in [5.74, 6) is -1.09. The number of benzene rings is 1. The van der Waals surface area contributed by atoms with Gasteiger partial charge in [0.15, 0.2) is 0 Å². The zero-order chi connectivity index (χ0) is 10.8. The van der Waals surface area contributed by atoms with E-state index < -0.39 is 11.6 Å². The molecule has 1 N–H and O–H groups in total. The van der Waals surface area contributed by atoms with Gasteiger partial charge in [0.25, 0.3) is 0 Å². The lowest BCUT2D eigenvalue weighted by atomic mass is 9.97. The first kappa shape index (κ1) is 11.0. The van der Waals surface area contributed by atoms with Crippen LogP contribution in [0.2, 0.25) is 0 Å². The predicted molar refractivity (Wildman–Crippen MR) is 54.3 cm³/mol. The lowest BCUT2D eigenvalue weighted by molar-refractivity contribution is 0.440. The summed E-state index contributed by atoms with van der Waals surface area (Å²) in [5, 5.41) is 2.77. The predicted octanol–water partition coefficient (Wildman–Crippen LogP) is 3.42. The quantitative estimate of drug-likeness (QED) is 0.769. The third-order valence-electron chi connectivity index (χ3n) is 1.76. The highest BCUT2D eigenvalue weighted by Crippen LogP contribution is 2.20. The molecular formula is C11H15F2N. The van der Waals surface area contributed by atoms with Crippen LogP contribution >= 0.6 is 0 Å². The van der Waals surface area contributed by atoms with Crippen molar-refractivity contribution in [3.05, 3.63) is 29.8 Å². The van der Waals surface area contributed by atoms with Gasteiger partial charge in [-0.05, 0) is 17.5 Å². The smallest absolute Gasteiger partial charge is 0.149 e. The van der Waals surface area contributed by atoms with Crippen molar-refractivity contribution in [2.75, 3.05) is 11.9 Å². The lowest BCUT2D eigenvalue weighted by Crippen LogP contribution is -2.20. The molecule has 0 aliphatic heterocycles. The Hall–Kier alpha value is -1.12. The molecule has 0 bridgehead atoms. The molecule has 78 valence electrons. The van der Waals surface area contributed by atoms with Crippen LogP contribution < -0.4 is 5.32 Å². The van der Waals surface area contributed by atoms with E-state index in [1.54, 1.807) is 0 Å². The van der Waals surface area contributed by atoms with Crippen molar-refractivity contribution in [3.8, 4) is 0 Å². The summed E-state index contributed by atoms with van der Waals surface area (Å²) in [6, 6.07) is 3.84. The summed E-state index contributed by atoms with van der Waals surface area (Å²) in [7, 11) is 0. The van der Waals surface area contributed by atoms with Crippen LogP contribution in [0.4, 0.5) is 14.5 Å². The average Bonchev–Trinajstić information content (AvgIpc) is 2.01. The van der Waals surface area contributed by atoms with Crippen molar-refractivity contribution in [3.63, 3.8) is 0 Å². The molecule has 0 spiro atoms. The van der Waals surface area contributed by atoms with E-state index in [-0.39, 0.29) is 11.1 Å². The fraction of sp³-hybridized carbons (Fsp3) is 0.455. The molecular weight excluding hydrogens is 184 g/mol. The zero-order valence-electron chi connectivity index (χ0n) is 8.70. The molecule has 14 heavy (non-hydrogen) atoms. The van der Waals surface area contributed by atoms with E-state index in [0.717, 1.165) is 0 Å². The summed E-state index contributed by atoms with van der Waals surface area (Å²) in [4.78, 5) is 0. The van der Waals surface area contributed by atoms with Gasteiger partial charge in [-0.25, -0.2) is 8.78 Å². The molecule has 0 aliphatic rings. The molecule has 1 aromatic carbocycles. The first-order chi connectivity index (χ1) is 6.40. The number of rotatable bonds is 2. The monoisotopic (exact) mass is 199 g/mol. The maximum Gasteiger partial charge on any atom is 0.149 e. The summed E-state index contributed by atoms with van der Waals surface area (Å²) in [6.45, 7) is 6.53. The minimum atomic E-state index is -0.547. The minimum Gasteiger partial charge on any atom is -0.380 e. The van der Waals surface area contributed by atoms with Crippen LogP contribution in [0.1, 0.15) is 20.8 Å². The van der Waals surface area contributed by atoms with E-state index in [0.29, 0.717) is 6.54 Å². The highest BCUT2D eigenvalue weighted by atomic mass is 19.1. The number of nitrogens with one attached hydrogen (secondary N) is 1. The van der Waals surface area contributed by atoms with Gasteiger partial charge in [0, 0.05) is 6.54 Å². The minimum absolute atomic E-state index is 0.00524. The fourth-order valence-corrected chi connectivity index (χ4v) is 1.02. The van der Waals surface area contributed by atoms with E-state index in [1.807, 2.05) is 20.8 Å². The molecule has 0 radical (unpaired) electrons. The Morgan fingerprint density at radius 3 is 2.07 bits per heavy atom. The second kappa shape index (κ2) is 3.95. The summed E-state index contributed by atoms with van der Waals surface area (Å²) >= 11 is 0. The van der Waals surface area contributed by atoms with Crippen molar-refractivity contribution < 1.29 is 8.78 Å². The van der Waals surface area contributed by atoms with Gasteiger partial charge in [-0.15, -0.1) is 0 Å². The van der Waals surface area contributed by atoms with Crippen LogP contribution in [0.5, 0.6) is 0 Å². The molecule has 3 heteroatoms. The van der Waals surface area contributed by atoms with Gasteiger partial charge >= 0.3 is 0 Å². The molecule has 1 rings (SSSR count). The number of anilines is 1. The molecule has 0 amide bonds. The van der Waals surface area contributed by atoms with Gasteiger partial charge in [-0.1, -0.05) is 26.8 Å². The largest absolute Gasteiger partial charge is 0.380 e. The maximum absolute atomic E-state index is 13.1. The van der Waals surface area contributed by atoms with Crippen LogP contribution in [0, 0.1) is 17.0 Å². The van der Waals surface area contributed by atoms with Crippen molar-refractivity contribution in [1.82, 2.24) is 0 Å². The van der Waals surface area contributed by atoms with Crippen LogP contribution in [0.25, 0.3) is 0 Å². The molecule has 0 unspecified atom stereocenters. The first-order valence-corrected chi connectivity index (χ1v) is 4.58. The Bertz CT molecular complexity index is 295. The van der Waals surface area contributed by atoms with Gasteiger partial charge in [0.05, 0.1) is 0 Å². The Balaban J connectivity index is 2.77. The van der Waals surface area contributed by atoms with E-state index >= 15 is 0 Å². The normalized spacial score (nSPS) is 11.5. The van der Waals surface area contributed by atoms with Crippen molar-refractivity contribution in [1.29, 1.82) is 0 Å².